The summed E-state index contributed by atoms with van der Waals surface area (Å²) in [7, 11) is 0. The van der Waals surface area contributed by atoms with Gasteiger partial charge in [0.2, 0.25) is 0 Å². The molecule has 0 amide bonds. The van der Waals surface area contributed by atoms with Crippen molar-refractivity contribution in [2.75, 3.05) is 0 Å². The summed E-state index contributed by atoms with van der Waals surface area (Å²) in [4.78, 5) is 22.5. The molecule has 5 nitrogen and oxygen atoms in total. The first-order valence-corrected chi connectivity index (χ1v) is 10.3. The van der Waals surface area contributed by atoms with Gasteiger partial charge in [0.1, 0.15) is 11.8 Å². The number of ketones is 1. The monoisotopic (exact) mass is 356 g/mol. The Hall–Kier alpha value is -0.940. The second-order valence-corrected chi connectivity index (χ2v) is 7.25. The number of carboxylic acid groups (broad SMARTS) is 1. The van der Waals surface area contributed by atoms with Crippen molar-refractivity contribution in [3.05, 3.63) is 0 Å². The second-order valence-electron chi connectivity index (χ2n) is 7.25. The maximum atomic E-state index is 11.8. The van der Waals surface area contributed by atoms with Gasteiger partial charge in [-0.2, -0.15) is 0 Å². The van der Waals surface area contributed by atoms with E-state index in [-0.39, 0.29) is 12.2 Å². The van der Waals surface area contributed by atoms with Crippen LogP contribution in [0.2, 0.25) is 0 Å². The molecule has 2 unspecified atom stereocenters. The van der Waals surface area contributed by atoms with E-state index in [0.717, 1.165) is 19.3 Å². The van der Waals surface area contributed by atoms with Crippen LogP contribution in [0.5, 0.6) is 0 Å². The zero-order valence-electron chi connectivity index (χ0n) is 16.2. The Balaban J connectivity index is 3.37. The SMILES string of the molecule is CCCCCCCCCCCCCCCC(=O)C(N)CC(N)C(=O)O. The van der Waals surface area contributed by atoms with Gasteiger partial charge < -0.3 is 16.6 Å². The summed E-state index contributed by atoms with van der Waals surface area (Å²) in [5.41, 5.74) is 11.1. The maximum Gasteiger partial charge on any atom is 0.320 e. The van der Waals surface area contributed by atoms with Crippen molar-refractivity contribution >= 4 is 11.8 Å². The lowest BCUT2D eigenvalue weighted by Crippen LogP contribution is -2.41. The molecule has 0 fully saturated rings. The number of nitrogens with two attached hydrogens (primary N) is 2. The number of Topliss-reactive ketones (excluding diaryl/α,β-unsaturated/α-hetero) is 1. The summed E-state index contributed by atoms with van der Waals surface area (Å²) in [6.45, 7) is 2.25. The molecule has 0 aliphatic carbocycles. The minimum Gasteiger partial charge on any atom is -0.480 e. The smallest absolute Gasteiger partial charge is 0.320 e. The second kappa shape index (κ2) is 16.5. The predicted octanol–water partition coefficient (Wildman–Crippen LogP) is 4.17. The number of rotatable bonds is 18. The standard InChI is InChI=1S/C20H40N2O3/c1-2-3-4-5-6-7-8-9-10-11-12-13-14-15-19(23)17(21)16-18(22)20(24)25/h17-18H,2-16,21-22H2,1H3,(H,24,25). The molecule has 0 heterocycles. The summed E-state index contributed by atoms with van der Waals surface area (Å²) in [5.74, 6) is -1.18. The summed E-state index contributed by atoms with van der Waals surface area (Å²) in [5, 5.41) is 8.72. The Kier molecular flexibility index (Phi) is 15.9. The van der Waals surface area contributed by atoms with Crippen LogP contribution >= 0.6 is 0 Å². The van der Waals surface area contributed by atoms with Gasteiger partial charge in [0.25, 0.3) is 0 Å². The van der Waals surface area contributed by atoms with E-state index in [1.807, 2.05) is 0 Å². The molecular weight excluding hydrogens is 316 g/mol. The Morgan fingerprint density at radius 2 is 1.12 bits per heavy atom. The normalized spacial score (nSPS) is 13.6. The van der Waals surface area contributed by atoms with Crippen LogP contribution in [0.1, 0.15) is 103 Å². The number of carboxylic acids is 1. The molecule has 0 aliphatic heterocycles. The fourth-order valence-corrected chi connectivity index (χ4v) is 3.01. The van der Waals surface area contributed by atoms with Crippen molar-refractivity contribution in [1.82, 2.24) is 0 Å². The van der Waals surface area contributed by atoms with Crippen molar-refractivity contribution in [1.29, 1.82) is 0 Å². The molecule has 148 valence electrons. The Morgan fingerprint density at radius 1 is 0.720 bits per heavy atom. The van der Waals surface area contributed by atoms with E-state index in [9.17, 15) is 9.59 Å². The largest absolute Gasteiger partial charge is 0.480 e. The Bertz CT molecular complexity index is 348. The molecule has 0 rings (SSSR count). The first kappa shape index (κ1) is 24.1. The van der Waals surface area contributed by atoms with Crippen LogP contribution in [0.25, 0.3) is 0 Å². The van der Waals surface area contributed by atoms with E-state index in [1.165, 1.54) is 64.2 Å². The molecule has 0 bridgehead atoms. The van der Waals surface area contributed by atoms with Crippen LogP contribution in [0, 0.1) is 0 Å². The van der Waals surface area contributed by atoms with Gasteiger partial charge in [0.05, 0.1) is 6.04 Å². The first-order valence-electron chi connectivity index (χ1n) is 10.3. The van der Waals surface area contributed by atoms with E-state index in [1.54, 1.807) is 0 Å². The van der Waals surface area contributed by atoms with Gasteiger partial charge in [-0.1, -0.05) is 84.0 Å². The van der Waals surface area contributed by atoms with Gasteiger partial charge in [-0.15, -0.1) is 0 Å². The van der Waals surface area contributed by atoms with Crippen LogP contribution in [-0.4, -0.2) is 28.9 Å². The summed E-state index contributed by atoms with van der Waals surface area (Å²) >= 11 is 0. The number of hydrogen-bond donors (Lipinski definition) is 3. The van der Waals surface area contributed by atoms with Gasteiger partial charge >= 0.3 is 5.97 Å². The van der Waals surface area contributed by atoms with E-state index >= 15 is 0 Å². The predicted molar refractivity (Wildman–Crippen MR) is 104 cm³/mol. The van der Waals surface area contributed by atoms with Gasteiger partial charge in [0, 0.05) is 6.42 Å². The summed E-state index contributed by atoms with van der Waals surface area (Å²) < 4.78 is 0. The molecule has 25 heavy (non-hydrogen) atoms. The van der Waals surface area contributed by atoms with Crippen molar-refractivity contribution in [3.8, 4) is 0 Å². The highest BCUT2D eigenvalue weighted by Gasteiger charge is 2.20. The van der Waals surface area contributed by atoms with Crippen LogP contribution in [-0.2, 0) is 9.59 Å². The van der Waals surface area contributed by atoms with E-state index in [0.29, 0.717) is 6.42 Å². The average molecular weight is 357 g/mol. The maximum absolute atomic E-state index is 11.8. The van der Waals surface area contributed by atoms with Crippen molar-refractivity contribution in [3.63, 3.8) is 0 Å². The van der Waals surface area contributed by atoms with E-state index in [2.05, 4.69) is 6.92 Å². The minimum absolute atomic E-state index is 0.0204. The zero-order chi connectivity index (χ0) is 18.9. The number of unbranched alkanes of at least 4 members (excludes halogenated alkanes) is 12. The molecule has 5 N–H and O–H groups in total. The van der Waals surface area contributed by atoms with Crippen LogP contribution in [0.3, 0.4) is 0 Å². The summed E-state index contributed by atoms with van der Waals surface area (Å²) in [6.07, 6.45) is 16.9. The Labute approximate surface area is 153 Å². The Morgan fingerprint density at radius 3 is 1.52 bits per heavy atom. The van der Waals surface area contributed by atoms with Gasteiger partial charge in [-0.25, -0.2) is 0 Å². The average Bonchev–Trinajstić information content (AvgIpc) is 2.58. The first-order chi connectivity index (χ1) is 12.0. The highest BCUT2D eigenvalue weighted by atomic mass is 16.4. The van der Waals surface area contributed by atoms with Crippen LogP contribution in [0.4, 0.5) is 0 Å². The highest BCUT2D eigenvalue weighted by Crippen LogP contribution is 2.13. The quantitative estimate of drug-likeness (QED) is 0.320. The topological polar surface area (TPSA) is 106 Å². The molecule has 0 aromatic heterocycles. The molecule has 0 saturated heterocycles. The molecule has 0 radical (unpaired) electrons. The zero-order valence-corrected chi connectivity index (χ0v) is 16.2. The van der Waals surface area contributed by atoms with Gasteiger partial charge in [-0.3, -0.25) is 9.59 Å². The number of carbonyl (C=O) groups excluding carboxylic acids is 1. The third-order valence-corrected chi connectivity index (χ3v) is 4.77. The number of aliphatic carboxylic acids is 1. The van der Waals surface area contributed by atoms with Crippen LogP contribution < -0.4 is 11.5 Å². The number of hydrogen-bond acceptors (Lipinski definition) is 4. The lowest BCUT2D eigenvalue weighted by Gasteiger charge is -2.13. The van der Waals surface area contributed by atoms with Gasteiger partial charge in [0.15, 0.2) is 0 Å². The lowest BCUT2D eigenvalue weighted by atomic mass is 9.99. The third-order valence-electron chi connectivity index (χ3n) is 4.77. The minimum atomic E-state index is -1.11. The number of carbonyl (C=O) groups is 2. The molecule has 0 aromatic carbocycles. The van der Waals surface area contributed by atoms with E-state index in [4.69, 9.17) is 16.6 Å². The molecule has 0 saturated carbocycles. The summed E-state index contributed by atoms with van der Waals surface area (Å²) in [6, 6.07) is -1.80. The van der Waals surface area contributed by atoms with Crippen molar-refractivity contribution < 1.29 is 14.7 Å². The highest BCUT2D eigenvalue weighted by molar-refractivity contribution is 5.84. The van der Waals surface area contributed by atoms with E-state index < -0.39 is 18.1 Å². The van der Waals surface area contributed by atoms with Crippen molar-refractivity contribution in [2.45, 2.75) is 115 Å². The molecule has 5 heteroatoms. The molecule has 0 aliphatic rings. The fraction of sp³-hybridized carbons (Fsp3) is 0.900. The molecule has 2 atom stereocenters. The molecule has 0 spiro atoms. The molecular formula is C20H40N2O3. The van der Waals surface area contributed by atoms with Gasteiger partial charge in [-0.05, 0) is 12.8 Å². The fourth-order valence-electron chi connectivity index (χ4n) is 3.01. The van der Waals surface area contributed by atoms with Crippen LogP contribution in [0.15, 0.2) is 0 Å². The third kappa shape index (κ3) is 15.1. The lowest BCUT2D eigenvalue weighted by molar-refractivity contribution is -0.138. The van der Waals surface area contributed by atoms with Crippen molar-refractivity contribution in [2.24, 2.45) is 11.5 Å². The molecule has 0 aromatic rings.